The number of nitrogens with one attached hydrogen (secondary N) is 1. The minimum atomic E-state index is -0.857. The molecule has 1 aromatic carbocycles. The van der Waals surface area contributed by atoms with E-state index in [1.54, 1.807) is 0 Å². The topological polar surface area (TPSA) is 106 Å². The number of benzene rings is 1. The molecule has 0 saturated heterocycles. The number of anilines is 1. The zero-order valence-corrected chi connectivity index (χ0v) is 14.2. The Bertz CT molecular complexity index is 909. The van der Waals surface area contributed by atoms with Crippen LogP contribution in [-0.4, -0.2) is 29.3 Å². The van der Waals surface area contributed by atoms with Gasteiger partial charge in [-0.15, -0.1) is 0 Å². The van der Waals surface area contributed by atoms with E-state index in [2.05, 4.69) is 5.32 Å². The number of hydrogen-bond acceptors (Lipinski definition) is 6. The van der Waals surface area contributed by atoms with E-state index in [4.69, 9.17) is 16.6 Å². The Balaban J connectivity index is 2.45. The summed E-state index contributed by atoms with van der Waals surface area (Å²) in [5, 5.41) is 13.0. The number of amides is 2. The summed E-state index contributed by atoms with van der Waals surface area (Å²) in [6.07, 6.45) is 1.04. The SMILES string of the molecule is CNC(=O)/C(=C\c1ccc([N+](=O)[O-])o1)C(=O)N(C=S)c1cccc(F)c1. The molecule has 10 heteroatoms. The molecule has 0 aliphatic rings. The first kappa shape index (κ1) is 18.9. The van der Waals surface area contributed by atoms with E-state index < -0.39 is 34.0 Å². The third-order valence-electron chi connectivity index (χ3n) is 3.19. The second-order valence-corrected chi connectivity index (χ2v) is 5.04. The van der Waals surface area contributed by atoms with Gasteiger partial charge >= 0.3 is 5.88 Å². The predicted molar refractivity (Wildman–Crippen MR) is 94.9 cm³/mol. The molecule has 2 aromatic rings. The third-order valence-corrected chi connectivity index (χ3v) is 3.40. The highest BCUT2D eigenvalue weighted by Gasteiger charge is 2.25. The van der Waals surface area contributed by atoms with Crippen LogP contribution in [0.3, 0.4) is 0 Å². The van der Waals surface area contributed by atoms with Crippen LogP contribution < -0.4 is 10.2 Å². The van der Waals surface area contributed by atoms with E-state index >= 15 is 0 Å². The fourth-order valence-electron chi connectivity index (χ4n) is 2.00. The molecule has 1 N–H and O–H groups in total. The number of thiocarbonyl (C=S) groups is 1. The maximum absolute atomic E-state index is 13.4. The highest BCUT2D eigenvalue weighted by Crippen LogP contribution is 2.21. The van der Waals surface area contributed by atoms with Gasteiger partial charge in [0.05, 0.1) is 17.2 Å². The van der Waals surface area contributed by atoms with Crippen LogP contribution in [0.4, 0.5) is 16.0 Å². The Hall–Kier alpha value is -3.40. The molecule has 0 aliphatic carbocycles. The number of carbonyl (C=O) groups excluding carboxylic acids is 2. The molecule has 0 fully saturated rings. The average Bonchev–Trinajstić information content (AvgIpc) is 3.08. The van der Waals surface area contributed by atoms with Gasteiger partial charge in [-0.05, 0) is 30.3 Å². The van der Waals surface area contributed by atoms with Gasteiger partial charge in [0.1, 0.15) is 22.1 Å². The minimum absolute atomic E-state index is 0.0767. The molecule has 2 rings (SSSR count). The average molecular weight is 377 g/mol. The number of halogens is 1. The molecule has 0 saturated carbocycles. The molecule has 1 aromatic heterocycles. The van der Waals surface area contributed by atoms with Gasteiger partial charge < -0.3 is 9.73 Å². The van der Waals surface area contributed by atoms with Gasteiger partial charge in [-0.1, -0.05) is 18.3 Å². The number of carbonyl (C=O) groups is 2. The maximum atomic E-state index is 13.4. The van der Waals surface area contributed by atoms with E-state index in [0.29, 0.717) is 0 Å². The van der Waals surface area contributed by atoms with Crippen LogP contribution in [0.25, 0.3) is 6.08 Å². The number of hydrogen-bond donors (Lipinski definition) is 1. The first-order chi connectivity index (χ1) is 12.4. The fraction of sp³-hybridized carbons (Fsp3) is 0.0625. The molecule has 26 heavy (non-hydrogen) atoms. The van der Waals surface area contributed by atoms with Crippen molar-refractivity contribution in [1.29, 1.82) is 0 Å². The number of furan rings is 1. The van der Waals surface area contributed by atoms with E-state index in [1.807, 2.05) is 0 Å². The predicted octanol–water partition coefficient (Wildman–Crippen LogP) is 2.45. The van der Waals surface area contributed by atoms with Crippen molar-refractivity contribution in [2.75, 3.05) is 11.9 Å². The molecule has 0 bridgehead atoms. The largest absolute Gasteiger partial charge is 0.433 e. The van der Waals surface area contributed by atoms with Gasteiger partial charge in [0.15, 0.2) is 0 Å². The Morgan fingerprint density at radius 2 is 2.08 bits per heavy atom. The Morgan fingerprint density at radius 1 is 1.35 bits per heavy atom. The normalized spacial score (nSPS) is 10.9. The second-order valence-electron chi connectivity index (χ2n) is 4.83. The number of rotatable bonds is 6. The van der Waals surface area contributed by atoms with E-state index in [9.17, 15) is 24.1 Å². The Labute approximate surface area is 152 Å². The number of nitro groups is 1. The first-order valence-corrected chi connectivity index (χ1v) is 7.57. The van der Waals surface area contributed by atoms with Gasteiger partial charge in [-0.25, -0.2) is 4.39 Å². The lowest BCUT2D eigenvalue weighted by molar-refractivity contribution is -0.402. The van der Waals surface area contributed by atoms with Crippen LogP contribution in [-0.2, 0) is 9.59 Å². The number of nitrogens with zero attached hydrogens (tertiary/aromatic N) is 2. The molecule has 2 amide bonds. The summed E-state index contributed by atoms with van der Waals surface area (Å²) in [7, 11) is 1.30. The molecule has 0 unspecified atom stereocenters. The lowest BCUT2D eigenvalue weighted by Crippen LogP contribution is -2.36. The maximum Gasteiger partial charge on any atom is 0.433 e. The molecule has 0 radical (unpaired) electrons. The van der Waals surface area contributed by atoms with Crippen molar-refractivity contribution >= 4 is 47.2 Å². The summed E-state index contributed by atoms with van der Waals surface area (Å²) >= 11 is 4.81. The van der Waals surface area contributed by atoms with E-state index in [-0.39, 0.29) is 11.4 Å². The van der Waals surface area contributed by atoms with Crippen molar-refractivity contribution in [3.63, 3.8) is 0 Å². The van der Waals surface area contributed by atoms with Crippen molar-refractivity contribution in [1.82, 2.24) is 5.32 Å². The molecule has 0 atom stereocenters. The zero-order valence-electron chi connectivity index (χ0n) is 13.3. The molecule has 0 aliphatic heterocycles. The second kappa shape index (κ2) is 8.12. The monoisotopic (exact) mass is 377 g/mol. The van der Waals surface area contributed by atoms with Crippen molar-refractivity contribution < 1.29 is 23.3 Å². The smallest absolute Gasteiger partial charge is 0.401 e. The standard InChI is InChI=1S/C16H12FN3O5S/c1-18-15(21)13(8-12-5-6-14(25-12)20(23)24)16(22)19(9-26)11-4-2-3-10(17)7-11/h2-9H,1H3,(H,18,21)/b13-8+. The van der Waals surface area contributed by atoms with Crippen LogP contribution in [0.15, 0.2) is 46.4 Å². The Morgan fingerprint density at radius 3 is 2.62 bits per heavy atom. The summed E-state index contributed by atoms with van der Waals surface area (Å²) in [5.41, 5.74) is 0.672. The highest BCUT2D eigenvalue weighted by atomic mass is 32.1. The summed E-state index contributed by atoms with van der Waals surface area (Å²) < 4.78 is 18.4. The van der Waals surface area contributed by atoms with Crippen LogP contribution >= 0.6 is 12.2 Å². The molecule has 134 valence electrons. The quantitative estimate of drug-likeness (QED) is 0.207. The number of likely N-dealkylation sites (N-methyl/N-ethyl adjacent to an activating group) is 1. The molecular weight excluding hydrogens is 365 g/mol. The van der Waals surface area contributed by atoms with Crippen LogP contribution in [0.2, 0.25) is 0 Å². The molecule has 0 spiro atoms. The van der Waals surface area contributed by atoms with Crippen LogP contribution in [0.1, 0.15) is 5.76 Å². The van der Waals surface area contributed by atoms with Crippen LogP contribution in [0, 0.1) is 15.9 Å². The van der Waals surface area contributed by atoms with Gasteiger partial charge in [0, 0.05) is 7.05 Å². The summed E-state index contributed by atoms with van der Waals surface area (Å²) in [4.78, 5) is 35.6. The van der Waals surface area contributed by atoms with E-state index in [1.165, 1.54) is 31.3 Å². The lowest BCUT2D eigenvalue weighted by atomic mass is 10.1. The zero-order chi connectivity index (χ0) is 19.3. The van der Waals surface area contributed by atoms with E-state index in [0.717, 1.165) is 28.6 Å². The van der Waals surface area contributed by atoms with Gasteiger partial charge in [-0.2, -0.15) is 0 Å². The summed E-state index contributed by atoms with van der Waals surface area (Å²) in [5.74, 6) is -2.84. The molecular formula is C16H12FN3O5S. The molecule has 1 heterocycles. The minimum Gasteiger partial charge on any atom is -0.401 e. The Kier molecular flexibility index (Phi) is 5.91. The molecule has 8 nitrogen and oxygen atoms in total. The lowest BCUT2D eigenvalue weighted by Gasteiger charge is -2.18. The van der Waals surface area contributed by atoms with Gasteiger partial charge in [0.2, 0.25) is 0 Å². The summed E-state index contributed by atoms with van der Waals surface area (Å²) in [6.45, 7) is 0. The fourth-order valence-corrected chi connectivity index (χ4v) is 2.22. The van der Waals surface area contributed by atoms with Crippen molar-refractivity contribution in [3.05, 3.63) is 63.7 Å². The van der Waals surface area contributed by atoms with Crippen molar-refractivity contribution in [3.8, 4) is 0 Å². The highest BCUT2D eigenvalue weighted by molar-refractivity contribution is 7.79. The van der Waals surface area contributed by atoms with Crippen molar-refractivity contribution in [2.24, 2.45) is 0 Å². The first-order valence-electron chi connectivity index (χ1n) is 7.09. The van der Waals surface area contributed by atoms with Gasteiger partial charge in [0.25, 0.3) is 11.8 Å². The van der Waals surface area contributed by atoms with Crippen LogP contribution in [0.5, 0.6) is 0 Å². The van der Waals surface area contributed by atoms with Crippen molar-refractivity contribution in [2.45, 2.75) is 0 Å². The third kappa shape index (κ3) is 4.16. The van der Waals surface area contributed by atoms with Gasteiger partial charge in [-0.3, -0.25) is 24.6 Å². The summed E-state index contributed by atoms with van der Waals surface area (Å²) in [6, 6.07) is 7.39.